The molecular weight excluding hydrogens is 213 g/mol. The number of nitrogens with zero attached hydrogens (tertiary/aromatic N) is 2. The monoisotopic (exact) mass is 221 g/mol. The van der Waals surface area contributed by atoms with Crippen LogP contribution >= 0.6 is 0 Å². The molecule has 0 unspecified atom stereocenters. The molecular formula is C10H8FN3O2. The molecule has 1 rings (SSSR count). The first-order valence-electron chi connectivity index (χ1n) is 4.25. The summed E-state index contributed by atoms with van der Waals surface area (Å²) in [4.78, 5) is 10.9. The zero-order valence-electron chi connectivity index (χ0n) is 8.40. The third kappa shape index (κ3) is 3.06. The molecule has 0 amide bonds. The van der Waals surface area contributed by atoms with Gasteiger partial charge in [-0.2, -0.15) is 10.4 Å². The van der Waals surface area contributed by atoms with E-state index in [0.717, 1.165) is 7.11 Å². The highest BCUT2D eigenvalue weighted by Crippen LogP contribution is 2.07. The van der Waals surface area contributed by atoms with Gasteiger partial charge in [0.25, 0.3) is 0 Å². The maximum atomic E-state index is 12.5. The van der Waals surface area contributed by atoms with E-state index in [4.69, 9.17) is 5.26 Å². The van der Waals surface area contributed by atoms with E-state index in [1.54, 1.807) is 6.07 Å². The average Bonchev–Trinajstić information content (AvgIpc) is 2.31. The van der Waals surface area contributed by atoms with Crippen LogP contribution < -0.4 is 5.43 Å². The number of methoxy groups -OCH3 is 1. The summed E-state index contributed by atoms with van der Waals surface area (Å²) >= 11 is 0. The van der Waals surface area contributed by atoms with Crippen molar-refractivity contribution in [3.05, 3.63) is 30.1 Å². The van der Waals surface area contributed by atoms with Gasteiger partial charge in [-0.05, 0) is 24.3 Å². The van der Waals surface area contributed by atoms with Crippen LogP contribution in [-0.4, -0.2) is 18.8 Å². The molecule has 82 valence electrons. The first kappa shape index (κ1) is 11.7. The van der Waals surface area contributed by atoms with Crippen LogP contribution in [0.4, 0.5) is 10.1 Å². The van der Waals surface area contributed by atoms with Gasteiger partial charge >= 0.3 is 5.97 Å². The summed E-state index contributed by atoms with van der Waals surface area (Å²) in [6, 6.07) is 6.87. The predicted molar refractivity (Wildman–Crippen MR) is 55.1 cm³/mol. The summed E-state index contributed by atoms with van der Waals surface area (Å²) in [5.74, 6) is -1.22. The molecule has 0 heterocycles. The largest absolute Gasteiger partial charge is 0.464 e. The molecule has 0 radical (unpaired) electrons. The van der Waals surface area contributed by atoms with Crippen molar-refractivity contribution in [1.82, 2.24) is 0 Å². The van der Waals surface area contributed by atoms with Gasteiger partial charge < -0.3 is 4.74 Å². The summed E-state index contributed by atoms with van der Waals surface area (Å²) in [7, 11) is 1.15. The van der Waals surface area contributed by atoms with E-state index < -0.39 is 11.7 Å². The highest BCUT2D eigenvalue weighted by atomic mass is 19.1. The number of rotatable bonds is 3. The van der Waals surface area contributed by atoms with Crippen LogP contribution in [0.3, 0.4) is 0 Å². The first-order valence-corrected chi connectivity index (χ1v) is 4.25. The van der Waals surface area contributed by atoms with Crippen LogP contribution in [0.25, 0.3) is 0 Å². The smallest absolute Gasteiger partial charge is 0.369 e. The fourth-order valence-electron chi connectivity index (χ4n) is 0.858. The summed E-state index contributed by atoms with van der Waals surface area (Å²) < 4.78 is 16.9. The number of hydrazone groups is 1. The Morgan fingerprint density at radius 2 is 2.12 bits per heavy atom. The fourth-order valence-corrected chi connectivity index (χ4v) is 0.858. The van der Waals surface area contributed by atoms with E-state index in [2.05, 4.69) is 15.3 Å². The number of hydrogen-bond acceptors (Lipinski definition) is 5. The minimum absolute atomic E-state index is 0.386. The molecule has 0 fully saturated rings. The molecule has 0 aliphatic carbocycles. The van der Waals surface area contributed by atoms with Gasteiger partial charge in [0, 0.05) is 0 Å². The molecule has 0 aromatic heterocycles. The Morgan fingerprint density at radius 3 is 2.62 bits per heavy atom. The number of halogens is 1. The van der Waals surface area contributed by atoms with Crippen molar-refractivity contribution in [1.29, 1.82) is 5.26 Å². The van der Waals surface area contributed by atoms with Crippen LogP contribution in [0.1, 0.15) is 0 Å². The van der Waals surface area contributed by atoms with E-state index in [1.807, 2.05) is 0 Å². The van der Waals surface area contributed by atoms with E-state index in [0.29, 0.717) is 5.69 Å². The maximum absolute atomic E-state index is 12.5. The van der Waals surface area contributed by atoms with Gasteiger partial charge in [0.05, 0.1) is 12.8 Å². The molecule has 0 saturated heterocycles. The number of anilines is 1. The maximum Gasteiger partial charge on any atom is 0.369 e. The van der Waals surface area contributed by atoms with Gasteiger partial charge in [-0.15, -0.1) is 0 Å². The molecule has 1 N–H and O–H groups in total. The molecule has 6 heteroatoms. The highest BCUT2D eigenvalue weighted by molar-refractivity contribution is 6.43. The quantitative estimate of drug-likeness (QED) is 0.474. The zero-order chi connectivity index (χ0) is 12.0. The summed E-state index contributed by atoms with van der Waals surface area (Å²) in [6.07, 6.45) is 0. The predicted octanol–water partition coefficient (Wildman–Crippen LogP) is 1.29. The summed E-state index contributed by atoms with van der Waals surface area (Å²) in [5.41, 5.74) is 2.48. The number of hydrogen-bond donors (Lipinski definition) is 1. The topological polar surface area (TPSA) is 74.5 Å². The van der Waals surface area contributed by atoms with Gasteiger partial charge in [0.15, 0.2) is 0 Å². The van der Waals surface area contributed by atoms with E-state index >= 15 is 0 Å². The minimum Gasteiger partial charge on any atom is -0.464 e. The lowest BCUT2D eigenvalue weighted by atomic mass is 10.3. The molecule has 16 heavy (non-hydrogen) atoms. The lowest BCUT2D eigenvalue weighted by Crippen LogP contribution is -2.15. The first-order chi connectivity index (χ1) is 7.67. The number of carbonyl (C=O) groups is 1. The van der Waals surface area contributed by atoms with Gasteiger partial charge in [-0.25, -0.2) is 9.18 Å². The summed E-state index contributed by atoms with van der Waals surface area (Å²) in [5, 5.41) is 12.1. The van der Waals surface area contributed by atoms with Crippen molar-refractivity contribution in [3.8, 4) is 6.07 Å². The van der Waals surface area contributed by atoms with Crippen molar-refractivity contribution in [2.75, 3.05) is 12.5 Å². The van der Waals surface area contributed by atoms with Crippen molar-refractivity contribution in [3.63, 3.8) is 0 Å². The van der Waals surface area contributed by atoms with Crippen molar-refractivity contribution < 1.29 is 13.9 Å². The number of nitriles is 1. The Hall–Kier alpha value is -2.42. The lowest BCUT2D eigenvalue weighted by Gasteiger charge is -2.00. The zero-order valence-corrected chi connectivity index (χ0v) is 8.40. The van der Waals surface area contributed by atoms with Crippen molar-refractivity contribution in [2.24, 2.45) is 5.10 Å². The van der Waals surface area contributed by atoms with Crippen LogP contribution in [0.2, 0.25) is 0 Å². The Morgan fingerprint density at radius 1 is 1.50 bits per heavy atom. The van der Waals surface area contributed by atoms with Crippen LogP contribution in [0, 0.1) is 17.1 Å². The van der Waals surface area contributed by atoms with E-state index in [9.17, 15) is 9.18 Å². The van der Waals surface area contributed by atoms with Crippen LogP contribution in [-0.2, 0) is 9.53 Å². The Labute approximate surface area is 91.1 Å². The molecule has 5 nitrogen and oxygen atoms in total. The van der Waals surface area contributed by atoms with E-state index in [1.165, 1.54) is 24.3 Å². The van der Waals surface area contributed by atoms with Crippen LogP contribution in [0.5, 0.6) is 0 Å². The number of nitrogens with one attached hydrogen (secondary N) is 1. The third-order valence-corrected chi connectivity index (χ3v) is 1.63. The second kappa shape index (κ2) is 5.46. The van der Waals surface area contributed by atoms with Gasteiger partial charge in [0.1, 0.15) is 11.9 Å². The minimum atomic E-state index is -0.836. The van der Waals surface area contributed by atoms with Gasteiger partial charge in [-0.1, -0.05) is 0 Å². The number of esters is 1. The standard InChI is InChI=1S/C10H8FN3O2/c1-16-10(15)9(6-12)14-13-8-4-2-7(11)3-5-8/h2-5,13H,1H3/b14-9-. The number of ether oxygens (including phenoxy) is 1. The molecule has 1 aromatic carbocycles. The second-order valence-corrected chi connectivity index (χ2v) is 2.68. The Bertz CT molecular complexity index is 448. The molecule has 0 aliphatic rings. The van der Waals surface area contributed by atoms with E-state index in [-0.39, 0.29) is 5.82 Å². The molecule has 0 aliphatic heterocycles. The van der Waals surface area contributed by atoms with Gasteiger partial charge in [-0.3, -0.25) is 5.43 Å². The number of carbonyl (C=O) groups excluding carboxylic acids is 1. The number of benzene rings is 1. The van der Waals surface area contributed by atoms with Gasteiger partial charge in [0.2, 0.25) is 5.71 Å². The van der Waals surface area contributed by atoms with Crippen molar-refractivity contribution >= 4 is 17.4 Å². The third-order valence-electron chi connectivity index (χ3n) is 1.63. The van der Waals surface area contributed by atoms with Crippen LogP contribution in [0.15, 0.2) is 29.4 Å². The lowest BCUT2D eigenvalue weighted by molar-refractivity contribution is -0.132. The molecule has 1 aromatic rings. The Balaban J connectivity index is 2.75. The normalized spacial score (nSPS) is 10.4. The van der Waals surface area contributed by atoms with Crippen molar-refractivity contribution in [2.45, 2.75) is 0 Å². The highest BCUT2D eigenvalue weighted by Gasteiger charge is 2.10. The average molecular weight is 221 g/mol. The molecule has 0 bridgehead atoms. The Kier molecular flexibility index (Phi) is 3.98. The second-order valence-electron chi connectivity index (χ2n) is 2.68. The SMILES string of the molecule is COC(=O)/C(C#N)=N\Nc1ccc(F)cc1. The molecule has 0 saturated carbocycles. The molecule has 0 atom stereocenters. The fraction of sp³-hybridized carbons (Fsp3) is 0.100. The summed E-state index contributed by atoms with van der Waals surface area (Å²) in [6.45, 7) is 0. The molecule has 0 spiro atoms.